The van der Waals surface area contributed by atoms with Crippen molar-refractivity contribution in [2.45, 2.75) is 24.8 Å². The topological polar surface area (TPSA) is 105 Å². The summed E-state index contributed by atoms with van der Waals surface area (Å²) in [5.74, 6) is -1.59. The van der Waals surface area contributed by atoms with Gasteiger partial charge in [0.25, 0.3) is 5.91 Å². The van der Waals surface area contributed by atoms with E-state index in [0.29, 0.717) is 17.9 Å². The van der Waals surface area contributed by atoms with Crippen molar-refractivity contribution in [2.24, 2.45) is 5.92 Å². The lowest BCUT2D eigenvalue weighted by Gasteiger charge is -2.23. The number of carbonyl (C=O) groups excluding carboxylic acids is 2. The number of aliphatic carboxylic acids is 1. The van der Waals surface area contributed by atoms with Crippen LogP contribution in [0.1, 0.15) is 29.6 Å². The number of rotatable bonds is 5. The monoisotopic (exact) mass is 318 g/mol. The molecule has 0 bridgehead atoms. The van der Waals surface area contributed by atoms with Gasteiger partial charge < -0.3 is 20.5 Å². The molecule has 1 heterocycles. The van der Waals surface area contributed by atoms with Crippen LogP contribution in [0.2, 0.25) is 0 Å². The number of carboxylic acids is 1. The third-order valence-corrected chi connectivity index (χ3v) is 4.12. The van der Waals surface area contributed by atoms with Crippen LogP contribution in [0.15, 0.2) is 24.3 Å². The number of hydrogen-bond donors (Lipinski definition) is 3. The maximum Gasteiger partial charge on any atom is 0.331 e. The highest BCUT2D eigenvalue weighted by Gasteiger charge is 2.44. The smallest absolute Gasteiger partial charge is 0.331 e. The van der Waals surface area contributed by atoms with Crippen LogP contribution < -0.4 is 10.6 Å². The highest BCUT2D eigenvalue weighted by molar-refractivity contribution is 6.00. The first-order valence-corrected chi connectivity index (χ1v) is 7.55. The molecular weight excluding hydrogens is 300 g/mol. The van der Waals surface area contributed by atoms with Crippen LogP contribution in [-0.2, 0) is 14.3 Å². The van der Waals surface area contributed by atoms with Crippen LogP contribution in [-0.4, -0.2) is 41.6 Å². The average Bonchev–Trinajstić information content (AvgIpc) is 3.27. The van der Waals surface area contributed by atoms with Gasteiger partial charge in [-0.3, -0.25) is 9.59 Å². The number of carbonyl (C=O) groups is 3. The maximum absolute atomic E-state index is 12.4. The summed E-state index contributed by atoms with van der Waals surface area (Å²) in [6.07, 6.45) is 2.02. The molecule has 0 aromatic heterocycles. The number of carboxylic acid groups (broad SMARTS) is 1. The summed E-state index contributed by atoms with van der Waals surface area (Å²) in [5, 5.41) is 14.7. The summed E-state index contributed by atoms with van der Waals surface area (Å²) >= 11 is 0. The summed E-state index contributed by atoms with van der Waals surface area (Å²) < 4.78 is 5.12. The molecule has 23 heavy (non-hydrogen) atoms. The molecule has 1 aliphatic heterocycles. The minimum absolute atomic E-state index is 0.0474. The van der Waals surface area contributed by atoms with Crippen molar-refractivity contribution >= 4 is 23.5 Å². The van der Waals surface area contributed by atoms with E-state index in [1.54, 1.807) is 24.3 Å². The molecule has 2 amide bonds. The molecule has 1 aliphatic carbocycles. The minimum Gasteiger partial charge on any atom is -0.479 e. The molecular formula is C16H18N2O5. The first-order valence-electron chi connectivity index (χ1n) is 7.55. The molecule has 1 saturated carbocycles. The molecule has 1 saturated heterocycles. The highest BCUT2D eigenvalue weighted by atomic mass is 16.5. The van der Waals surface area contributed by atoms with Crippen molar-refractivity contribution in [3.05, 3.63) is 29.8 Å². The van der Waals surface area contributed by atoms with E-state index in [0.717, 1.165) is 12.8 Å². The Morgan fingerprint density at radius 1 is 1.26 bits per heavy atom. The molecule has 0 radical (unpaired) electrons. The zero-order valence-electron chi connectivity index (χ0n) is 12.5. The molecule has 1 unspecified atom stereocenters. The Balaban J connectivity index is 1.71. The maximum atomic E-state index is 12.4. The Labute approximate surface area is 133 Å². The third kappa shape index (κ3) is 3.34. The van der Waals surface area contributed by atoms with Gasteiger partial charge in [0.15, 0.2) is 5.54 Å². The lowest BCUT2D eigenvalue weighted by molar-refractivity contribution is -0.144. The predicted octanol–water partition coefficient (Wildman–Crippen LogP) is 1.01. The van der Waals surface area contributed by atoms with E-state index < -0.39 is 17.4 Å². The number of anilines is 1. The van der Waals surface area contributed by atoms with Crippen LogP contribution in [0.4, 0.5) is 5.69 Å². The van der Waals surface area contributed by atoms with E-state index in [9.17, 15) is 19.5 Å². The van der Waals surface area contributed by atoms with Crippen LogP contribution in [0.5, 0.6) is 0 Å². The highest BCUT2D eigenvalue weighted by Crippen LogP contribution is 2.30. The Morgan fingerprint density at radius 2 is 2.04 bits per heavy atom. The summed E-state index contributed by atoms with van der Waals surface area (Å²) in [5.41, 5.74) is -0.558. The molecule has 7 nitrogen and oxygen atoms in total. The van der Waals surface area contributed by atoms with Crippen LogP contribution in [0.25, 0.3) is 0 Å². The molecule has 122 valence electrons. The van der Waals surface area contributed by atoms with E-state index >= 15 is 0 Å². The van der Waals surface area contributed by atoms with Gasteiger partial charge in [0, 0.05) is 30.2 Å². The van der Waals surface area contributed by atoms with Gasteiger partial charge in [-0.1, -0.05) is 6.07 Å². The lowest BCUT2D eigenvalue weighted by atomic mass is 9.98. The SMILES string of the molecule is O=C(NC1(C(=O)O)CCOC1)c1cccc(NC(=O)C2CC2)c1. The van der Waals surface area contributed by atoms with Gasteiger partial charge in [0.2, 0.25) is 5.91 Å². The second-order valence-electron chi connectivity index (χ2n) is 5.99. The first-order chi connectivity index (χ1) is 11.0. The minimum atomic E-state index is -1.38. The zero-order chi connectivity index (χ0) is 16.4. The molecule has 1 aromatic rings. The molecule has 1 atom stereocenters. The molecule has 2 aliphatic rings. The Kier molecular flexibility index (Phi) is 4.04. The van der Waals surface area contributed by atoms with Gasteiger partial charge in [-0.25, -0.2) is 4.79 Å². The van der Waals surface area contributed by atoms with E-state index in [4.69, 9.17) is 4.74 Å². The Hall–Kier alpha value is -2.41. The van der Waals surface area contributed by atoms with Crippen molar-refractivity contribution in [1.82, 2.24) is 5.32 Å². The molecule has 1 aromatic carbocycles. The normalized spacial score (nSPS) is 23.3. The second kappa shape index (κ2) is 6.00. The Morgan fingerprint density at radius 3 is 2.65 bits per heavy atom. The van der Waals surface area contributed by atoms with Crippen molar-refractivity contribution in [3.63, 3.8) is 0 Å². The fourth-order valence-electron chi connectivity index (χ4n) is 2.50. The molecule has 3 rings (SSSR count). The summed E-state index contributed by atoms with van der Waals surface area (Å²) in [6.45, 7) is 0.246. The van der Waals surface area contributed by atoms with Gasteiger partial charge in [0.05, 0.1) is 6.61 Å². The molecule has 2 fully saturated rings. The first kappa shape index (κ1) is 15.5. The summed E-state index contributed by atoms with van der Waals surface area (Å²) in [7, 11) is 0. The van der Waals surface area contributed by atoms with Crippen LogP contribution in [0, 0.1) is 5.92 Å². The number of ether oxygens (including phenoxy) is 1. The third-order valence-electron chi connectivity index (χ3n) is 4.12. The van der Waals surface area contributed by atoms with E-state index in [1.807, 2.05) is 0 Å². The van der Waals surface area contributed by atoms with E-state index in [2.05, 4.69) is 10.6 Å². The fourth-order valence-corrected chi connectivity index (χ4v) is 2.50. The molecule has 0 spiro atoms. The largest absolute Gasteiger partial charge is 0.479 e. The van der Waals surface area contributed by atoms with Gasteiger partial charge in [-0.05, 0) is 31.0 Å². The van der Waals surface area contributed by atoms with Crippen molar-refractivity contribution in [3.8, 4) is 0 Å². The van der Waals surface area contributed by atoms with E-state index in [-0.39, 0.29) is 24.9 Å². The standard InChI is InChI=1S/C16H18N2O5/c19-13(10-4-5-10)17-12-3-1-2-11(8-12)14(20)18-16(15(21)22)6-7-23-9-16/h1-3,8,10H,4-7,9H2,(H,17,19)(H,18,20)(H,21,22). The Bertz CT molecular complexity index is 648. The number of amides is 2. The van der Waals surface area contributed by atoms with Gasteiger partial charge in [-0.15, -0.1) is 0 Å². The van der Waals surface area contributed by atoms with Crippen molar-refractivity contribution < 1.29 is 24.2 Å². The van der Waals surface area contributed by atoms with Gasteiger partial charge >= 0.3 is 5.97 Å². The van der Waals surface area contributed by atoms with E-state index in [1.165, 1.54) is 0 Å². The number of hydrogen-bond acceptors (Lipinski definition) is 4. The van der Waals surface area contributed by atoms with Crippen molar-refractivity contribution in [1.29, 1.82) is 0 Å². The van der Waals surface area contributed by atoms with Crippen LogP contribution >= 0.6 is 0 Å². The summed E-state index contributed by atoms with van der Waals surface area (Å²) in [4.78, 5) is 35.6. The fraction of sp³-hybridized carbons (Fsp3) is 0.438. The lowest BCUT2D eigenvalue weighted by Crippen LogP contribution is -2.55. The predicted molar refractivity (Wildman–Crippen MR) is 81.1 cm³/mol. The summed E-state index contributed by atoms with van der Waals surface area (Å²) in [6, 6.07) is 6.47. The molecule has 3 N–H and O–H groups in total. The van der Waals surface area contributed by atoms with Crippen LogP contribution in [0.3, 0.4) is 0 Å². The second-order valence-corrected chi connectivity index (χ2v) is 5.99. The van der Waals surface area contributed by atoms with Gasteiger partial charge in [-0.2, -0.15) is 0 Å². The zero-order valence-corrected chi connectivity index (χ0v) is 12.5. The average molecular weight is 318 g/mol. The van der Waals surface area contributed by atoms with Crippen molar-refractivity contribution in [2.75, 3.05) is 18.5 Å². The van der Waals surface area contributed by atoms with Gasteiger partial charge in [0.1, 0.15) is 0 Å². The number of nitrogens with one attached hydrogen (secondary N) is 2. The molecule has 7 heteroatoms. The quantitative estimate of drug-likeness (QED) is 0.751. The number of benzene rings is 1.